The molecule has 8 heteroatoms. The van der Waals surface area contributed by atoms with Gasteiger partial charge in [0, 0.05) is 25.5 Å². The Labute approximate surface area is 203 Å². The van der Waals surface area contributed by atoms with Crippen molar-refractivity contribution in [3.8, 4) is 0 Å². The van der Waals surface area contributed by atoms with Crippen LogP contribution in [0.25, 0.3) is 0 Å². The van der Waals surface area contributed by atoms with Gasteiger partial charge in [-0.05, 0) is 80.0 Å². The van der Waals surface area contributed by atoms with Gasteiger partial charge in [0.05, 0.1) is 30.0 Å². The van der Waals surface area contributed by atoms with Gasteiger partial charge in [-0.1, -0.05) is 19.1 Å². The molecule has 2 aromatic rings. The van der Waals surface area contributed by atoms with Crippen molar-refractivity contribution in [1.29, 1.82) is 0 Å². The molecule has 2 aliphatic rings. The van der Waals surface area contributed by atoms with Crippen LogP contribution >= 0.6 is 0 Å². The highest BCUT2D eigenvalue weighted by Gasteiger charge is 2.43. The zero-order valence-corrected chi connectivity index (χ0v) is 21.1. The first-order chi connectivity index (χ1) is 16.4. The van der Waals surface area contributed by atoms with Crippen molar-refractivity contribution in [1.82, 2.24) is 9.97 Å². The Hall–Kier alpha value is -2.03. The Morgan fingerprint density at radius 3 is 2.41 bits per heavy atom. The average molecular weight is 488 g/mol. The van der Waals surface area contributed by atoms with Crippen molar-refractivity contribution < 1.29 is 18.3 Å². The fraction of sp³-hybridized carbons (Fsp3) is 0.615. The van der Waals surface area contributed by atoms with Crippen molar-refractivity contribution >= 4 is 15.8 Å². The van der Waals surface area contributed by atoms with Crippen LogP contribution in [-0.2, 0) is 27.6 Å². The highest BCUT2D eigenvalue weighted by atomic mass is 32.2. The van der Waals surface area contributed by atoms with Crippen molar-refractivity contribution in [3.05, 3.63) is 47.8 Å². The quantitative estimate of drug-likeness (QED) is 0.517. The van der Waals surface area contributed by atoms with E-state index >= 15 is 0 Å². The van der Waals surface area contributed by atoms with Gasteiger partial charge in [0.1, 0.15) is 0 Å². The number of benzene rings is 1. The lowest BCUT2D eigenvalue weighted by molar-refractivity contribution is 0.104. The van der Waals surface area contributed by atoms with E-state index in [0.717, 1.165) is 49.5 Å². The number of aliphatic hydroxyl groups is 1. The first-order valence-electron chi connectivity index (χ1n) is 12.5. The standard InChI is InChI=1S/C26H37N3O4S/c1-3-20-15-27-26(28-16-20)29-11-8-22(9-12-29)25-14-23(25)18-33-17-21-4-6-24(7-5-21)34(31,32)13-10-19(2)30/h4-7,15-16,19,22-23,25,30H,3,8-14,17-18H2,1-2H3/t19-,23-,25+/m0/s1. The van der Waals surface area contributed by atoms with E-state index in [1.54, 1.807) is 19.1 Å². The Kier molecular flexibility index (Phi) is 8.22. The number of anilines is 1. The third-order valence-electron chi connectivity index (χ3n) is 7.19. The summed E-state index contributed by atoms with van der Waals surface area (Å²) in [7, 11) is -3.35. The Morgan fingerprint density at radius 1 is 1.12 bits per heavy atom. The minimum atomic E-state index is -3.35. The number of hydrogen-bond acceptors (Lipinski definition) is 7. The van der Waals surface area contributed by atoms with Crippen LogP contribution in [0.15, 0.2) is 41.6 Å². The first kappa shape index (κ1) is 25.1. The molecule has 1 saturated carbocycles. The molecule has 0 amide bonds. The fourth-order valence-corrected chi connectivity index (χ4v) is 6.26. The van der Waals surface area contributed by atoms with E-state index in [2.05, 4.69) is 21.8 Å². The van der Waals surface area contributed by atoms with Gasteiger partial charge in [0.25, 0.3) is 0 Å². The number of hydrogen-bond donors (Lipinski definition) is 1. The minimum Gasteiger partial charge on any atom is -0.393 e. The Balaban J connectivity index is 1.16. The summed E-state index contributed by atoms with van der Waals surface area (Å²) in [5, 5.41) is 9.34. The van der Waals surface area contributed by atoms with Gasteiger partial charge in [-0.25, -0.2) is 18.4 Å². The SMILES string of the molecule is CCc1cnc(N2CCC([C@H]3C[C@H]3COCc3ccc(S(=O)(=O)CC[C@H](C)O)cc3)CC2)nc1. The molecule has 7 nitrogen and oxygen atoms in total. The van der Waals surface area contributed by atoms with Crippen LogP contribution in [0.1, 0.15) is 50.7 Å². The lowest BCUT2D eigenvalue weighted by atomic mass is 9.91. The summed E-state index contributed by atoms with van der Waals surface area (Å²) in [6, 6.07) is 6.93. The van der Waals surface area contributed by atoms with Gasteiger partial charge in [-0.3, -0.25) is 0 Å². The molecule has 1 aliphatic heterocycles. The monoisotopic (exact) mass is 487 g/mol. The second kappa shape index (κ2) is 11.1. The molecule has 0 bridgehead atoms. The van der Waals surface area contributed by atoms with Gasteiger partial charge in [0.15, 0.2) is 9.84 Å². The Bertz CT molecular complexity index is 1020. The highest BCUT2D eigenvalue weighted by molar-refractivity contribution is 7.91. The molecular weight excluding hydrogens is 450 g/mol. The third-order valence-corrected chi connectivity index (χ3v) is 8.96. The van der Waals surface area contributed by atoms with Gasteiger partial charge >= 0.3 is 0 Å². The van der Waals surface area contributed by atoms with Crippen molar-refractivity contribution in [2.75, 3.05) is 30.3 Å². The molecule has 1 aliphatic carbocycles. The maximum Gasteiger partial charge on any atom is 0.225 e. The van der Waals surface area contributed by atoms with Crippen LogP contribution < -0.4 is 4.90 Å². The van der Waals surface area contributed by atoms with Crippen LogP contribution in [0.5, 0.6) is 0 Å². The van der Waals surface area contributed by atoms with Gasteiger partial charge in [-0.15, -0.1) is 0 Å². The number of nitrogens with zero attached hydrogens (tertiary/aromatic N) is 3. The van der Waals surface area contributed by atoms with E-state index in [0.29, 0.717) is 17.4 Å². The van der Waals surface area contributed by atoms with E-state index in [9.17, 15) is 13.5 Å². The van der Waals surface area contributed by atoms with Crippen LogP contribution in [0.3, 0.4) is 0 Å². The molecule has 2 heterocycles. The van der Waals surface area contributed by atoms with E-state index < -0.39 is 15.9 Å². The van der Waals surface area contributed by atoms with E-state index in [4.69, 9.17) is 4.74 Å². The molecule has 0 unspecified atom stereocenters. The molecule has 1 aromatic heterocycles. The molecule has 1 N–H and O–H groups in total. The second-order valence-corrected chi connectivity index (χ2v) is 12.0. The largest absolute Gasteiger partial charge is 0.393 e. The zero-order valence-electron chi connectivity index (χ0n) is 20.3. The molecule has 4 rings (SSSR count). The maximum atomic E-state index is 12.3. The third kappa shape index (κ3) is 6.55. The molecule has 3 atom stereocenters. The summed E-state index contributed by atoms with van der Waals surface area (Å²) in [6.07, 6.45) is 8.08. The lowest BCUT2D eigenvalue weighted by Crippen LogP contribution is -2.35. The number of aromatic nitrogens is 2. The summed E-state index contributed by atoms with van der Waals surface area (Å²) in [5.74, 6) is 2.96. The number of aliphatic hydroxyl groups excluding tert-OH is 1. The van der Waals surface area contributed by atoms with Crippen LogP contribution in [0, 0.1) is 17.8 Å². The number of ether oxygens (including phenoxy) is 1. The highest BCUT2D eigenvalue weighted by Crippen LogP contribution is 2.48. The number of piperidine rings is 1. The molecule has 1 aromatic carbocycles. The van der Waals surface area contributed by atoms with Gasteiger partial charge in [0.2, 0.25) is 5.95 Å². The summed E-state index contributed by atoms with van der Waals surface area (Å²) in [5.41, 5.74) is 2.15. The summed E-state index contributed by atoms with van der Waals surface area (Å²) in [4.78, 5) is 11.7. The summed E-state index contributed by atoms with van der Waals surface area (Å²) in [6.45, 7) is 7.02. The smallest absolute Gasteiger partial charge is 0.225 e. The number of rotatable bonds is 11. The molecule has 34 heavy (non-hydrogen) atoms. The Morgan fingerprint density at radius 2 is 1.79 bits per heavy atom. The molecule has 0 radical (unpaired) electrons. The molecule has 2 fully saturated rings. The minimum absolute atomic E-state index is 0.0410. The van der Waals surface area contributed by atoms with Crippen LogP contribution in [0.2, 0.25) is 0 Å². The van der Waals surface area contributed by atoms with Gasteiger partial charge < -0.3 is 14.7 Å². The predicted octanol–water partition coefficient (Wildman–Crippen LogP) is 3.65. The number of aryl methyl sites for hydroxylation is 1. The van der Waals surface area contributed by atoms with Crippen molar-refractivity contribution in [2.24, 2.45) is 17.8 Å². The molecular formula is C26H37N3O4S. The normalized spacial score (nSPS) is 22.0. The lowest BCUT2D eigenvalue weighted by Gasteiger charge is -2.32. The number of sulfone groups is 1. The topological polar surface area (TPSA) is 92.6 Å². The maximum absolute atomic E-state index is 12.3. The van der Waals surface area contributed by atoms with E-state index in [-0.39, 0.29) is 12.2 Å². The van der Waals surface area contributed by atoms with Crippen LogP contribution in [0.4, 0.5) is 5.95 Å². The van der Waals surface area contributed by atoms with Crippen molar-refractivity contribution in [3.63, 3.8) is 0 Å². The summed E-state index contributed by atoms with van der Waals surface area (Å²) < 4.78 is 30.6. The van der Waals surface area contributed by atoms with Crippen LogP contribution in [-0.4, -0.2) is 55.0 Å². The predicted molar refractivity (Wildman–Crippen MR) is 132 cm³/mol. The molecule has 186 valence electrons. The molecule has 0 spiro atoms. The second-order valence-electron chi connectivity index (χ2n) is 9.84. The molecule has 1 saturated heterocycles. The zero-order chi connectivity index (χ0) is 24.1. The average Bonchev–Trinajstić information content (AvgIpc) is 3.63. The van der Waals surface area contributed by atoms with E-state index in [1.165, 1.54) is 24.8 Å². The first-order valence-corrected chi connectivity index (χ1v) is 14.1. The summed E-state index contributed by atoms with van der Waals surface area (Å²) >= 11 is 0. The van der Waals surface area contributed by atoms with E-state index in [1.807, 2.05) is 24.5 Å². The van der Waals surface area contributed by atoms with Crippen molar-refractivity contribution in [2.45, 2.75) is 63.6 Å². The fourth-order valence-electron chi connectivity index (χ4n) is 4.83. The van der Waals surface area contributed by atoms with Gasteiger partial charge in [-0.2, -0.15) is 0 Å².